The highest BCUT2D eigenvalue weighted by molar-refractivity contribution is 5.75. The topological polar surface area (TPSA) is 35.5 Å². The molecule has 1 fully saturated rings. The second-order valence-corrected chi connectivity index (χ2v) is 4.80. The zero-order valence-corrected chi connectivity index (χ0v) is 11.1. The average Bonchev–Trinajstić information content (AvgIpc) is 2.48. The Kier molecular flexibility index (Phi) is 4.59. The van der Waals surface area contributed by atoms with Gasteiger partial charge >= 0.3 is 5.97 Å². The molecule has 0 spiro atoms. The van der Waals surface area contributed by atoms with Gasteiger partial charge < -0.3 is 9.47 Å². The summed E-state index contributed by atoms with van der Waals surface area (Å²) in [5, 5.41) is 0. The Morgan fingerprint density at radius 2 is 1.84 bits per heavy atom. The van der Waals surface area contributed by atoms with Gasteiger partial charge in [0.2, 0.25) is 0 Å². The quantitative estimate of drug-likeness (QED) is 0.475. The number of methoxy groups -OCH3 is 1. The van der Waals surface area contributed by atoms with E-state index in [4.69, 9.17) is 15.9 Å². The first-order chi connectivity index (χ1) is 9.22. The van der Waals surface area contributed by atoms with Gasteiger partial charge in [-0.1, -0.05) is 5.92 Å². The smallest absolute Gasteiger partial charge is 0.314 e. The average molecular weight is 258 g/mol. The van der Waals surface area contributed by atoms with Crippen LogP contribution in [0.5, 0.6) is 5.75 Å². The van der Waals surface area contributed by atoms with E-state index in [1.54, 1.807) is 31.4 Å². The number of hydrogen-bond donors (Lipinski definition) is 0. The predicted molar refractivity (Wildman–Crippen MR) is 72.8 cm³/mol. The summed E-state index contributed by atoms with van der Waals surface area (Å²) in [4.78, 5) is 12.0. The maximum Gasteiger partial charge on any atom is 0.314 e. The van der Waals surface area contributed by atoms with E-state index in [-0.39, 0.29) is 11.9 Å². The largest absolute Gasteiger partial charge is 0.426 e. The summed E-state index contributed by atoms with van der Waals surface area (Å²) in [5.41, 5.74) is 0.778. The molecule has 0 atom stereocenters. The van der Waals surface area contributed by atoms with Crippen molar-refractivity contribution in [3.8, 4) is 18.1 Å². The van der Waals surface area contributed by atoms with Gasteiger partial charge in [-0.2, -0.15) is 0 Å². The van der Waals surface area contributed by atoms with Crippen LogP contribution < -0.4 is 4.74 Å². The first-order valence-electron chi connectivity index (χ1n) is 6.54. The van der Waals surface area contributed by atoms with Gasteiger partial charge in [0.25, 0.3) is 0 Å². The van der Waals surface area contributed by atoms with Crippen LogP contribution in [-0.2, 0) is 9.53 Å². The van der Waals surface area contributed by atoms with Crippen molar-refractivity contribution in [2.45, 2.75) is 31.8 Å². The van der Waals surface area contributed by atoms with E-state index in [2.05, 4.69) is 5.92 Å². The number of carbonyl (C=O) groups excluding carboxylic acids is 1. The number of terminal acetylenes is 1. The molecule has 19 heavy (non-hydrogen) atoms. The second kappa shape index (κ2) is 6.40. The highest BCUT2D eigenvalue weighted by Gasteiger charge is 2.27. The first kappa shape index (κ1) is 13.6. The molecule has 1 aromatic rings. The molecule has 0 heterocycles. The van der Waals surface area contributed by atoms with Crippen molar-refractivity contribution in [1.29, 1.82) is 0 Å². The van der Waals surface area contributed by atoms with E-state index < -0.39 is 0 Å². The fraction of sp³-hybridized carbons (Fsp3) is 0.438. The van der Waals surface area contributed by atoms with Crippen LogP contribution in [0.3, 0.4) is 0 Å². The van der Waals surface area contributed by atoms with Gasteiger partial charge in [-0.3, -0.25) is 4.79 Å². The molecule has 1 saturated carbocycles. The minimum Gasteiger partial charge on any atom is -0.426 e. The minimum absolute atomic E-state index is 0.0151. The molecule has 0 unspecified atom stereocenters. The molecule has 0 N–H and O–H groups in total. The third kappa shape index (κ3) is 3.59. The Labute approximate surface area is 113 Å². The molecule has 0 saturated heterocycles. The van der Waals surface area contributed by atoms with E-state index in [9.17, 15) is 4.79 Å². The van der Waals surface area contributed by atoms with Gasteiger partial charge in [0, 0.05) is 12.7 Å². The summed E-state index contributed by atoms with van der Waals surface area (Å²) in [7, 11) is 1.72. The monoisotopic (exact) mass is 258 g/mol. The molecule has 1 aliphatic carbocycles. The van der Waals surface area contributed by atoms with Gasteiger partial charge in [-0.05, 0) is 49.9 Å². The summed E-state index contributed by atoms with van der Waals surface area (Å²) in [6.45, 7) is 0. The van der Waals surface area contributed by atoms with Gasteiger partial charge in [0.1, 0.15) is 5.75 Å². The molecule has 2 rings (SSSR count). The Morgan fingerprint density at radius 3 is 2.37 bits per heavy atom. The SMILES string of the molecule is C#Cc1ccc(OC(=O)[C@H]2CC[C@H](OC)CC2)cc1. The zero-order chi connectivity index (χ0) is 13.7. The highest BCUT2D eigenvalue weighted by Crippen LogP contribution is 2.27. The maximum atomic E-state index is 12.0. The molecular formula is C16H18O3. The molecule has 3 heteroatoms. The fourth-order valence-electron chi connectivity index (χ4n) is 2.35. The predicted octanol–water partition coefficient (Wildman–Crippen LogP) is 2.78. The molecule has 3 nitrogen and oxygen atoms in total. The van der Waals surface area contributed by atoms with Gasteiger partial charge in [0.05, 0.1) is 12.0 Å². The van der Waals surface area contributed by atoms with Gasteiger partial charge in [-0.25, -0.2) is 0 Å². The molecule has 0 aliphatic heterocycles. The maximum absolute atomic E-state index is 12.0. The molecule has 0 radical (unpaired) electrons. The third-order valence-corrected chi connectivity index (χ3v) is 3.58. The van der Waals surface area contributed by atoms with Crippen molar-refractivity contribution in [1.82, 2.24) is 0 Å². The van der Waals surface area contributed by atoms with Crippen molar-refractivity contribution >= 4 is 5.97 Å². The van der Waals surface area contributed by atoms with E-state index in [0.29, 0.717) is 11.9 Å². The number of benzene rings is 1. The number of carbonyl (C=O) groups is 1. The lowest BCUT2D eigenvalue weighted by molar-refractivity contribution is -0.140. The normalized spacial score (nSPS) is 22.5. The molecule has 100 valence electrons. The lowest BCUT2D eigenvalue weighted by atomic mass is 9.87. The Morgan fingerprint density at radius 1 is 1.21 bits per heavy atom. The van der Waals surface area contributed by atoms with Crippen LogP contribution in [0.25, 0.3) is 0 Å². The van der Waals surface area contributed by atoms with Crippen molar-refractivity contribution in [3.63, 3.8) is 0 Å². The molecule has 0 amide bonds. The zero-order valence-electron chi connectivity index (χ0n) is 11.1. The van der Waals surface area contributed by atoms with Crippen LogP contribution in [-0.4, -0.2) is 19.2 Å². The van der Waals surface area contributed by atoms with Crippen LogP contribution in [0, 0.1) is 18.3 Å². The van der Waals surface area contributed by atoms with Crippen LogP contribution in [0.4, 0.5) is 0 Å². The number of ether oxygens (including phenoxy) is 2. The molecule has 1 aromatic carbocycles. The first-order valence-corrected chi connectivity index (χ1v) is 6.54. The van der Waals surface area contributed by atoms with Crippen molar-refractivity contribution in [2.24, 2.45) is 5.92 Å². The molecule has 0 aromatic heterocycles. The Balaban J connectivity index is 1.89. The molecular weight excluding hydrogens is 240 g/mol. The standard InChI is InChI=1S/C16H18O3/c1-3-12-4-8-15(9-5-12)19-16(17)13-6-10-14(18-2)11-7-13/h1,4-5,8-9,13-14H,6-7,10-11H2,2H3/t13-,14-. The third-order valence-electron chi connectivity index (χ3n) is 3.58. The summed E-state index contributed by atoms with van der Waals surface area (Å²) in [5.74, 6) is 2.92. The van der Waals surface area contributed by atoms with E-state index in [0.717, 1.165) is 31.2 Å². The summed E-state index contributed by atoms with van der Waals surface area (Å²) < 4.78 is 10.7. The highest BCUT2D eigenvalue weighted by atomic mass is 16.5. The van der Waals surface area contributed by atoms with Crippen LogP contribution in [0.2, 0.25) is 0 Å². The van der Waals surface area contributed by atoms with Gasteiger partial charge in [0.15, 0.2) is 0 Å². The lowest BCUT2D eigenvalue weighted by Gasteiger charge is -2.26. The van der Waals surface area contributed by atoms with Crippen LogP contribution in [0.1, 0.15) is 31.2 Å². The summed E-state index contributed by atoms with van der Waals surface area (Å²) >= 11 is 0. The minimum atomic E-state index is -0.150. The number of rotatable bonds is 3. The van der Waals surface area contributed by atoms with Crippen molar-refractivity contribution < 1.29 is 14.3 Å². The second-order valence-electron chi connectivity index (χ2n) is 4.80. The van der Waals surface area contributed by atoms with E-state index >= 15 is 0 Å². The molecule has 1 aliphatic rings. The van der Waals surface area contributed by atoms with Crippen LogP contribution >= 0.6 is 0 Å². The lowest BCUT2D eigenvalue weighted by Crippen LogP contribution is -2.28. The fourth-order valence-corrected chi connectivity index (χ4v) is 2.35. The van der Waals surface area contributed by atoms with Crippen molar-refractivity contribution in [3.05, 3.63) is 29.8 Å². The number of hydrogen-bond acceptors (Lipinski definition) is 3. The van der Waals surface area contributed by atoms with E-state index in [1.165, 1.54) is 0 Å². The van der Waals surface area contributed by atoms with E-state index in [1.807, 2.05) is 0 Å². The molecule has 0 bridgehead atoms. The Hall–Kier alpha value is -1.79. The number of esters is 1. The summed E-state index contributed by atoms with van der Waals surface area (Å²) in [6.07, 6.45) is 9.08. The summed E-state index contributed by atoms with van der Waals surface area (Å²) in [6, 6.07) is 7.00. The van der Waals surface area contributed by atoms with Gasteiger partial charge in [-0.15, -0.1) is 6.42 Å². The Bertz CT molecular complexity index is 462. The van der Waals surface area contributed by atoms with Crippen LogP contribution in [0.15, 0.2) is 24.3 Å². The van der Waals surface area contributed by atoms with Crippen molar-refractivity contribution in [2.75, 3.05) is 7.11 Å².